The second kappa shape index (κ2) is 17.4. The van der Waals surface area contributed by atoms with Gasteiger partial charge in [-0.15, -0.1) is 0 Å². The Morgan fingerprint density at radius 1 is 0.630 bits per heavy atom. The first-order valence-corrected chi connectivity index (χ1v) is 15.0. The zero-order valence-electron chi connectivity index (χ0n) is 26.6. The van der Waals surface area contributed by atoms with Crippen LogP contribution in [0, 0.1) is 13.8 Å². The zero-order chi connectivity index (χ0) is 32.7. The van der Waals surface area contributed by atoms with Crippen LogP contribution in [0.1, 0.15) is 47.8 Å². The molecule has 2 heterocycles. The maximum atomic E-state index is 11.0. The SMILES string of the molecule is CC(=O)NCCNCc1ncnc(OCc2cccc(-c3cccc(COc4ncnc(CNCCNC(C)=O)n4)c3C)c2C)n1. The lowest BCUT2D eigenvalue weighted by Gasteiger charge is -2.16. The molecule has 2 amide bonds. The summed E-state index contributed by atoms with van der Waals surface area (Å²) in [5.74, 6) is 0.969. The van der Waals surface area contributed by atoms with Gasteiger partial charge in [0.15, 0.2) is 0 Å². The molecule has 2 aromatic carbocycles. The minimum Gasteiger partial charge on any atom is -0.458 e. The highest BCUT2D eigenvalue weighted by atomic mass is 16.5. The number of nitrogens with one attached hydrogen (secondary N) is 4. The Morgan fingerprint density at radius 2 is 1.07 bits per heavy atom. The van der Waals surface area contributed by atoms with Gasteiger partial charge < -0.3 is 30.7 Å². The molecule has 0 aliphatic carbocycles. The number of hydrogen-bond donors (Lipinski definition) is 4. The minimum atomic E-state index is -0.0680. The molecule has 14 heteroatoms. The summed E-state index contributed by atoms with van der Waals surface area (Å²) in [6.45, 7) is 10.8. The summed E-state index contributed by atoms with van der Waals surface area (Å²) in [4.78, 5) is 47.5. The average molecular weight is 629 g/mol. The van der Waals surface area contributed by atoms with Gasteiger partial charge in [0.05, 0.1) is 13.1 Å². The van der Waals surface area contributed by atoms with Gasteiger partial charge in [0.1, 0.15) is 37.5 Å². The normalized spacial score (nSPS) is 10.8. The Hall–Kier alpha value is -5.08. The third-order valence-corrected chi connectivity index (χ3v) is 7.01. The van der Waals surface area contributed by atoms with Crippen molar-refractivity contribution < 1.29 is 19.1 Å². The molecule has 0 bridgehead atoms. The Kier molecular flexibility index (Phi) is 12.8. The molecule has 0 radical (unpaired) electrons. The molecule has 0 aliphatic heterocycles. The van der Waals surface area contributed by atoms with Crippen molar-refractivity contribution in [2.75, 3.05) is 26.2 Å². The van der Waals surface area contributed by atoms with Crippen LogP contribution < -0.4 is 30.7 Å². The average Bonchev–Trinajstić information content (AvgIpc) is 3.04. The fourth-order valence-corrected chi connectivity index (χ4v) is 4.54. The van der Waals surface area contributed by atoms with Crippen LogP contribution >= 0.6 is 0 Å². The summed E-state index contributed by atoms with van der Waals surface area (Å²) in [6, 6.07) is 12.8. The van der Waals surface area contributed by atoms with Crippen molar-refractivity contribution in [3.63, 3.8) is 0 Å². The Labute approximate surface area is 268 Å². The lowest BCUT2D eigenvalue weighted by atomic mass is 9.92. The van der Waals surface area contributed by atoms with Gasteiger partial charge in [-0.3, -0.25) is 9.59 Å². The number of nitrogens with zero attached hydrogens (tertiary/aromatic N) is 6. The topological polar surface area (TPSA) is 178 Å². The van der Waals surface area contributed by atoms with Gasteiger partial charge in [-0.1, -0.05) is 36.4 Å². The smallest absolute Gasteiger partial charge is 0.320 e. The fourth-order valence-electron chi connectivity index (χ4n) is 4.54. The van der Waals surface area contributed by atoms with Gasteiger partial charge in [-0.05, 0) is 47.2 Å². The molecule has 46 heavy (non-hydrogen) atoms. The van der Waals surface area contributed by atoms with E-state index >= 15 is 0 Å². The fraction of sp³-hybridized carbons (Fsp3) is 0.375. The first kappa shape index (κ1) is 33.8. The molecule has 14 nitrogen and oxygen atoms in total. The van der Waals surface area contributed by atoms with Crippen LogP contribution in [0.15, 0.2) is 49.1 Å². The molecular weight excluding hydrogens is 588 g/mol. The second-order valence-corrected chi connectivity index (χ2v) is 10.4. The molecule has 4 rings (SSSR count). The third kappa shape index (κ3) is 10.5. The summed E-state index contributed by atoms with van der Waals surface area (Å²) < 4.78 is 11.9. The van der Waals surface area contributed by atoms with Gasteiger partial charge in [-0.2, -0.15) is 19.9 Å². The van der Waals surface area contributed by atoms with E-state index in [1.54, 1.807) is 0 Å². The van der Waals surface area contributed by atoms with Crippen LogP contribution in [0.2, 0.25) is 0 Å². The predicted octanol–water partition coefficient (Wildman–Crippen LogP) is 1.95. The minimum absolute atomic E-state index is 0.0680. The van der Waals surface area contributed by atoms with Crippen molar-refractivity contribution in [2.45, 2.75) is 54.0 Å². The number of amides is 2. The lowest BCUT2D eigenvalue weighted by molar-refractivity contribution is -0.119. The highest BCUT2D eigenvalue weighted by Gasteiger charge is 2.13. The van der Waals surface area contributed by atoms with Gasteiger partial charge in [0.25, 0.3) is 0 Å². The Morgan fingerprint density at radius 3 is 1.48 bits per heavy atom. The summed E-state index contributed by atoms with van der Waals surface area (Å²) in [5, 5.41) is 11.8. The number of carbonyl (C=O) groups is 2. The standard InChI is InChI=1S/C32H40N10O4/c1-21-25(17-45-31-39-19-37-29(41-31)15-33-11-13-35-23(3)43)7-5-9-27(21)28-10-6-8-26(22(28)2)18-46-32-40-20-38-30(42-32)16-34-12-14-36-24(4)44/h5-10,19-20,33-34H,11-18H2,1-4H3,(H,35,43)(H,36,44). The molecular formula is C32H40N10O4. The highest BCUT2D eigenvalue weighted by Crippen LogP contribution is 2.31. The van der Waals surface area contributed by atoms with Crippen LogP contribution in [0.25, 0.3) is 11.1 Å². The van der Waals surface area contributed by atoms with E-state index in [1.807, 2.05) is 24.3 Å². The van der Waals surface area contributed by atoms with Crippen molar-refractivity contribution >= 4 is 11.8 Å². The van der Waals surface area contributed by atoms with Crippen LogP contribution in [-0.2, 0) is 35.9 Å². The van der Waals surface area contributed by atoms with Crippen molar-refractivity contribution in [1.29, 1.82) is 0 Å². The summed E-state index contributed by atoms with van der Waals surface area (Å²) in [7, 11) is 0. The van der Waals surface area contributed by atoms with Gasteiger partial charge in [0.2, 0.25) is 11.8 Å². The molecule has 0 spiro atoms. The Bertz CT molecular complexity index is 1500. The number of benzene rings is 2. The number of carbonyl (C=O) groups excluding carboxylic acids is 2. The van der Waals surface area contributed by atoms with E-state index in [2.05, 4.69) is 77.2 Å². The first-order chi connectivity index (χ1) is 22.3. The van der Waals surface area contributed by atoms with E-state index < -0.39 is 0 Å². The molecule has 0 unspecified atom stereocenters. The monoisotopic (exact) mass is 628 g/mol. The van der Waals surface area contributed by atoms with E-state index in [4.69, 9.17) is 9.47 Å². The van der Waals surface area contributed by atoms with E-state index in [0.29, 0.717) is 64.1 Å². The zero-order valence-corrected chi connectivity index (χ0v) is 26.6. The maximum Gasteiger partial charge on any atom is 0.320 e. The van der Waals surface area contributed by atoms with Gasteiger partial charge in [0, 0.05) is 40.0 Å². The largest absolute Gasteiger partial charge is 0.458 e. The van der Waals surface area contributed by atoms with Gasteiger partial charge in [-0.25, -0.2) is 9.97 Å². The molecule has 0 aliphatic rings. The molecule has 4 N–H and O–H groups in total. The first-order valence-electron chi connectivity index (χ1n) is 15.0. The maximum absolute atomic E-state index is 11.0. The van der Waals surface area contributed by atoms with Crippen molar-refractivity contribution in [2.24, 2.45) is 0 Å². The highest BCUT2D eigenvalue weighted by molar-refractivity contribution is 5.73. The van der Waals surface area contributed by atoms with E-state index in [1.165, 1.54) is 26.5 Å². The van der Waals surface area contributed by atoms with Gasteiger partial charge >= 0.3 is 12.0 Å². The van der Waals surface area contributed by atoms with Crippen LogP contribution in [-0.4, -0.2) is 67.9 Å². The van der Waals surface area contributed by atoms with Crippen molar-refractivity contribution in [3.05, 3.63) is 83.0 Å². The number of hydrogen-bond acceptors (Lipinski definition) is 12. The van der Waals surface area contributed by atoms with Crippen molar-refractivity contribution in [3.8, 4) is 23.1 Å². The molecule has 0 saturated heterocycles. The van der Waals surface area contributed by atoms with E-state index in [9.17, 15) is 9.59 Å². The quantitative estimate of drug-likeness (QED) is 0.125. The van der Waals surface area contributed by atoms with Crippen LogP contribution in [0.3, 0.4) is 0 Å². The third-order valence-electron chi connectivity index (χ3n) is 7.01. The summed E-state index contributed by atoms with van der Waals surface area (Å²) in [5.41, 5.74) is 6.38. The molecule has 4 aromatic rings. The molecule has 0 fully saturated rings. The number of ether oxygens (including phenoxy) is 2. The molecule has 2 aromatic heterocycles. The van der Waals surface area contributed by atoms with E-state index in [-0.39, 0.29) is 23.8 Å². The lowest BCUT2D eigenvalue weighted by Crippen LogP contribution is -2.30. The summed E-state index contributed by atoms with van der Waals surface area (Å²) in [6.07, 6.45) is 2.86. The van der Waals surface area contributed by atoms with Crippen LogP contribution in [0.4, 0.5) is 0 Å². The predicted molar refractivity (Wildman–Crippen MR) is 170 cm³/mol. The number of rotatable bonds is 17. The molecule has 0 atom stereocenters. The van der Waals surface area contributed by atoms with Crippen LogP contribution in [0.5, 0.6) is 12.0 Å². The van der Waals surface area contributed by atoms with E-state index in [0.717, 1.165) is 33.4 Å². The summed E-state index contributed by atoms with van der Waals surface area (Å²) >= 11 is 0. The second-order valence-electron chi connectivity index (χ2n) is 10.4. The van der Waals surface area contributed by atoms with Crippen molar-refractivity contribution in [1.82, 2.24) is 51.2 Å². The number of aromatic nitrogens is 6. The Balaban J connectivity index is 1.35. The molecule has 0 saturated carbocycles. The molecule has 242 valence electrons.